The first-order valence-corrected chi connectivity index (χ1v) is 13.4. The van der Waals surface area contributed by atoms with Crippen molar-refractivity contribution in [2.75, 3.05) is 4.90 Å². The molecule has 5 rings (SSSR count). The maximum absolute atomic E-state index is 13.5. The number of hydrogen-bond donors (Lipinski definition) is 1. The van der Waals surface area contributed by atoms with Crippen molar-refractivity contribution in [3.05, 3.63) is 88.8 Å². The number of thiazole rings is 1. The highest BCUT2D eigenvalue weighted by molar-refractivity contribution is 7.22. The van der Waals surface area contributed by atoms with Crippen molar-refractivity contribution in [2.24, 2.45) is 0 Å². The molecule has 1 atom stereocenters. The summed E-state index contributed by atoms with van der Waals surface area (Å²) in [5.74, 6) is -0.756. The number of ketones is 1. The lowest BCUT2D eigenvalue weighted by Gasteiger charge is -2.22. The number of carbonyl (C=O) groups excluding carboxylic acids is 2. The number of nitrogens with zero attached hydrogens (tertiary/aromatic N) is 3. The molecule has 1 unspecified atom stereocenters. The van der Waals surface area contributed by atoms with E-state index in [1.54, 1.807) is 42.6 Å². The van der Waals surface area contributed by atoms with Gasteiger partial charge in [0.1, 0.15) is 17.6 Å². The molecule has 3 heterocycles. The van der Waals surface area contributed by atoms with Gasteiger partial charge >= 0.3 is 5.91 Å². The summed E-state index contributed by atoms with van der Waals surface area (Å²) in [4.78, 5) is 37.5. The first-order chi connectivity index (χ1) is 18.2. The summed E-state index contributed by atoms with van der Waals surface area (Å²) in [5, 5.41) is 11.8. The van der Waals surface area contributed by atoms with Crippen LogP contribution in [0.3, 0.4) is 0 Å². The second-order valence-corrected chi connectivity index (χ2v) is 11.0. The van der Waals surface area contributed by atoms with Gasteiger partial charge in [-0.3, -0.25) is 19.5 Å². The summed E-state index contributed by atoms with van der Waals surface area (Å²) in [6.07, 6.45) is 1.60. The number of ether oxygens (including phenoxy) is 1. The van der Waals surface area contributed by atoms with E-state index in [9.17, 15) is 14.7 Å². The van der Waals surface area contributed by atoms with Gasteiger partial charge in [-0.05, 0) is 80.3 Å². The van der Waals surface area contributed by atoms with Gasteiger partial charge in [0, 0.05) is 11.8 Å². The summed E-state index contributed by atoms with van der Waals surface area (Å²) in [7, 11) is 0. The van der Waals surface area contributed by atoms with Crippen LogP contribution in [0.2, 0.25) is 0 Å². The number of rotatable bonds is 6. The number of anilines is 1. The zero-order valence-corrected chi connectivity index (χ0v) is 22.7. The number of Topliss-reactive ketones (excluding diaryl/α,β-unsaturated/α-hetero) is 1. The maximum atomic E-state index is 13.5. The number of aryl methyl sites for hydroxylation is 1. The number of amides is 1. The minimum Gasteiger partial charge on any atom is -0.507 e. The number of aliphatic hydroxyl groups excluding tert-OH is 1. The molecule has 38 heavy (non-hydrogen) atoms. The van der Waals surface area contributed by atoms with E-state index in [0.29, 0.717) is 28.1 Å². The van der Waals surface area contributed by atoms with E-state index in [0.717, 1.165) is 21.3 Å². The fourth-order valence-corrected chi connectivity index (χ4v) is 5.62. The van der Waals surface area contributed by atoms with Crippen LogP contribution in [0.1, 0.15) is 62.0 Å². The third kappa shape index (κ3) is 4.56. The van der Waals surface area contributed by atoms with E-state index in [1.807, 2.05) is 32.9 Å². The molecule has 8 heteroatoms. The average Bonchev–Trinajstić information content (AvgIpc) is 3.42. The third-order valence-corrected chi connectivity index (χ3v) is 7.51. The van der Waals surface area contributed by atoms with Crippen molar-refractivity contribution in [1.82, 2.24) is 9.97 Å². The number of pyridine rings is 1. The van der Waals surface area contributed by atoms with E-state index in [2.05, 4.69) is 24.9 Å². The Morgan fingerprint density at radius 2 is 1.84 bits per heavy atom. The number of benzene rings is 2. The van der Waals surface area contributed by atoms with Crippen molar-refractivity contribution in [1.29, 1.82) is 0 Å². The van der Waals surface area contributed by atoms with E-state index >= 15 is 0 Å². The van der Waals surface area contributed by atoms with Gasteiger partial charge < -0.3 is 9.84 Å². The lowest BCUT2D eigenvalue weighted by Crippen LogP contribution is -2.29. The number of hydrogen-bond acceptors (Lipinski definition) is 7. The molecule has 2 aromatic heterocycles. The van der Waals surface area contributed by atoms with Crippen LogP contribution in [0.5, 0.6) is 5.75 Å². The Labute approximate surface area is 225 Å². The number of aliphatic hydroxyl groups is 1. The van der Waals surface area contributed by atoms with Crippen LogP contribution in [0.4, 0.5) is 5.13 Å². The molecule has 0 bridgehead atoms. The molecule has 1 fully saturated rings. The standard InChI is InChI=1S/C30H29N3O4S/c1-16(2)19-9-11-21-24(15-19)38-30(32-21)33-26(22-8-6-7-13-31-22)25(28(35)29(33)36)27(34)20-10-12-23(18(5)14-20)37-17(3)4/h6-17,26,34H,1-5H3/b27-25+. The Hall–Kier alpha value is -4.04. The van der Waals surface area contributed by atoms with Crippen LogP contribution in [0.25, 0.3) is 16.0 Å². The molecule has 4 aromatic rings. The Morgan fingerprint density at radius 1 is 1.05 bits per heavy atom. The molecular formula is C30H29N3O4S. The SMILES string of the molecule is Cc1cc(/C(O)=C2\C(=O)C(=O)N(c3nc4ccc(C(C)C)cc4s3)C2c2ccccn2)ccc1OC(C)C. The van der Waals surface area contributed by atoms with Crippen molar-refractivity contribution in [3.63, 3.8) is 0 Å². The molecule has 1 saturated heterocycles. The van der Waals surface area contributed by atoms with Crippen LogP contribution >= 0.6 is 11.3 Å². The molecule has 7 nitrogen and oxygen atoms in total. The Bertz CT molecular complexity index is 1570. The highest BCUT2D eigenvalue weighted by Crippen LogP contribution is 2.44. The minimum atomic E-state index is -0.923. The number of fused-ring (bicyclic) bond motifs is 1. The second kappa shape index (κ2) is 10.0. The number of carbonyl (C=O) groups is 2. The molecule has 0 radical (unpaired) electrons. The normalized spacial score (nSPS) is 17.2. The molecule has 1 N–H and O–H groups in total. The van der Waals surface area contributed by atoms with Gasteiger partial charge in [-0.15, -0.1) is 0 Å². The van der Waals surface area contributed by atoms with Gasteiger partial charge in [-0.25, -0.2) is 4.98 Å². The van der Waals surface area contributed by atoms with Crippen LogP contribution in [0.15, 0.2) is 66.4 Å². The molecule has 2 aromatic carbocycles. The van der Waals surface area contributed by atoms with Crippen molar-refractivity contribution in [3.8, 4) is 5.75 Å². The quantitative estimate of drug-likeness (QED) is 0.174. The Balaban J connectivity index is 1.66. The largest absolute Gasteiger partial charge is 0.507 e. The average molecular weight is 528 g/mol. The monoisotopic (exact) mass is 527 g/mol. The van der Waals surface area contributed by atoms with Gasteiger partial charge in [0.25, 0.3) is 5.78 Å². The zero-order chi connectivity index (χ0) is 27.1. The second-order valence-electron chi connectivity index (χ2n) is 9.95. The van der Waals surface area contributed by atoms with Gasteiger partial charge in [0.05, 0.1) is 27.6 Å². The van der Waals surface area contributed by atoms with Crippen molar-refractivity contribution < 1.29 is 19.4 Å². The Kier molecular flexibility index (Phi) is 6.75. The van der Waals surface area contributed by atoms with Gasteiger partial charge in [0.2, 0.25) is 0 Å². The number of aromatic nitrogens is 2. The molecule has 0 spiro atoms. The van der Waals surface area contributed by atoms with Crippen molar-refractivity contribution in [2.45, 2.75) is 52.7 Å². The zero-order valence-electron chi connectivity index (χ0n) is 21.9. The molecule has 1 amide bonds. The van der Waals surface area contributed by atoms with E-state index < -0.39 is 17.7 Å². The van der Waals surface area contributed by atoms with Gasteiger partial charge in [0.15, 0.2) is 5.13 Å². The summed E-state index contributed by atoms with van der Waals surface area (Å²) in [6, 6.07) is 15.6. The summed E-state index contributed by atoms with van der Waals surface area (Å²) in [5.41, 5.74) is 3.57. The highest BCUT2D eigenvalue weighted by atomic mass is 32.1. The molecule has 1 aliphatic heterocycles. The summed E-state index contributed by atoms with van der Waals surface area (Å²) < 4.78 is 6.74. The lowest BCUT2D eigenvalue weighted by molar-refractivity contribution is -0.132. The molecule has 1 aliphatic rings. The molecule has 0 aliphatic carbocycles. The van der Waals surface area contributed by atoms with E-state index in [-0.39, 0.29) is 17.4 Å². The van der Waals surface area contributed by atoms with E-state index in [1.165, 1.54) is 16.2 Å². The van der Waals surface area contributed by atoms with E-state index in [4.69, 9.17) is 9.72 Å². The van der Waals surface area contributed by atoms with Crippen LogP contribution in [0, 0.1) is 6.92 Å². The third-order valence-electron chi connectivity index (χ3n) is 6.50. The van der Waals surface area contributed by atoms with Crippen LogP contribution < -0.4 is 9.64 Å². The summed E-state index contributed by atoms with van der Waals surface area (Å²) in [6.45, 7) is 9.98. The molecular weight excluding hydrogens is 498 g/mol. The van der Waals surface area contributed by atoms with Gasteiger partial charge in [-0.1, -0.05) is 37.3 Å². The van der Waals surface area contributed by atoms with Gasteiger partial charge in [-0.2, -0.15) is 0 Å². The topological polar surface area (TPSA) is 92.6 Å². The van der Waals surface area contributed by atoms with Crippen molar-refractivity contribution >= 4 is 44.1 Å². The first kappa shape index (κ1) is 25.6. The highest BCUT2D eigenvalue weighted by Gasteiger charge is 2.48. The smallest absolute Gasteiger partial charge is 0.301 e. The minimum absolute atomic E-state index is 0.00643. The van der Waals surface area contributed by atoms with Crippen LogP contribution in [-0.2, 0) is 9.59 Å². The summed E-state index contributed by atoms with van der Waals surface area (Å²) >= 11 is 1.34. The fraction of sp³-hybridized carbons (Fsp3) is 0.267. The first-order valence-electron chi connectivity index (χ1n) is 12.6. The predicted molar refractivity (Wildman–Crippen MR) is 150 cm³/mol. The molecule has 0 saturated carbocycles. The fourth-order valence-electron chi connectivity index (χ4n) is 4.58. The lowest BCUT2D eigenvalue weighted by atomic mass is 9.97. The predicted octanol–water partition coefficient (Wildman–Crippen LogP) is 6.54. The van der Waals surface area contributed by atoms with Crippen LogP contribution in [-0.4, -0.2) is 32.9 Å². The molecule has 194 valence electrons. The Morgan fingerprint density at radius 3 is 2.50 bits per heavy atom. The maximum Gasteiger partial charge on any atom is 0.301 e.